The number of carbonyl (C=O) groups excluding carboxylic acids is 4. The van der Waals surface area contributed by atoms with Crippen molar-refractivity contribution in [2.24, 2.45) is 47.5 Å². The minimum Gasteiger partial charge on any atom is -0.463 e. The molecule has 0 heterocycles. The zero-order valence-corrected chi connectivity index (χ0v) is 36.9. The second-order valence-corrected chi connectivity index (χ2v) is 17.5. The number of azide groups is 4. The van der Waals surface area contributed by atoms with Gasteiger partial charge >= 0.3 is 23.9 Å². The fourth-order valence-corrected chi connectivity index (χ4v) is 5.15. The van der Waals surface area contributed by atoms with Crippen molar-refractivity contribution in [3.63, 3.8) is 0 Å². The molecule has 0 atom stereocenters. The molecule has 0 aromatic rings. The number of nitrogens with zero attached hydrogens (tertiary/aromatic N) is 12. The van der Waals surface area contributed by atoms with Gasteiger partial charge < -0.3 is 37.9 Å². The molecule has 0 bridgehead atoms. The van der Waals surface area contributed by atoms with Gasteiger partial charge in [-0.1, -0.05) is 75.8 Å². The molecule has 0 N–H and O–H groups in total. The molecule has 61 heavy (non-hydrogen) atoms. The zero-order chi connectivity index (χ0) is 46.3. The van der Waals surface area contributed by atoms with Gasteiger partial charge in [0.1, 0.15) is 26.4 Å². The smallest absolute Gasteiger partial charge is 0.306 e. The van der Waals surface area contributed by atoms with Gasteiger partial charge in [0, 0.05) is 45.8 Å². The highest BCUT2D eigenvalue weighted by Crippen LogP contribution is 2.25. The Labute approximate surface area is 356 Å². The van der Waals surface area contributed by atoms with E-state index in [1.165, 1.54) is 0 Å². The lowest BCUT2D eigenvalue weighted by Crippen LogP contribution is -2.43. The Hall–Kier alpha value is -5.04. The highest BCUT2D eigenvalue weighted by molar-refractivity contribution is 5.71. The number of hydrogen-bond donors (Lipinski definition) is 0. The number of carbonyl (C=O) groups is 4. The second-order valence-electron chi connectivity index (χ2n) is 17.5. The Kier molecular flexibility index (Phi) is 27.6. The normalized spacial score (nSPS) is 12.6. The van der Waals surface area contributed by atoms with Crippen molar-refractivity contribution in [3.8, 4) is 0 Å². The summed E-state index contributed by atoms with van der Waals surface area (Å²) in [6.07, 6.45) is 0.0282. The molecular weight excluding hydrogens is 804 g/mol. The molecular formula is C37H64N12O12. The van der Waals surface area contributed by atoms with Gasteiger partial charge in [0.25, 0.3) is 0 Å². The predicted molar refractivity (Wildman–Crippen MR) is 219 cm³/mol. The molecule has 24 nitrogen and oxygen atoms in total. The van der Waals surface area contributed by atoms with E-state index in [9.17, 15) is 19.2 Å². The van der Waals surface area contributed by atoms with Crippen LogP contribution in [0.25, 0.3) is 41.8 Å². The lowest BCUT2D eigenvalue weighted by molar-refractivity contribution is -0.153. The van der Waals surface area contributed by atoms with Crippen molar-refractivity contribution in [1.29, 1.82) is 0 Å². The average Bonchev–Trinajstić information content (AvgIpc) is 3.16. The fraction of sp³-hybridized carbons (Fsp3) is 0.892. The minimum absolute atomic E-state index is 0.00705. The quantitative estimate of drug-likeness (QED) is 0.0152. The van der Waals surface area contributed by atoms with Gasteiger partial charge in [-0.05, 0) is 43.8 Å². The van der Waals surface area contributed by atoms with E-state index in [2.05, 4.69) is 40.1 Å². The topological polar surface area (TPSA) is 337 Å². The Morgan fingerprint density at radius 2 is 0.574 bits per heavy atom. The molecule has 0 aromatic heterocycles. The molecule has 0 saturated carbocycles. The first-order chi connectivity index (χ1) is 28.6. The number of hydrogen-bond acceptors (Lipinski definition) is 16. The summed E-state index contributed by atoms with van der Waals surface area (Å²) < 4.78 is 45.2. The Morgan fingerprint density at radius 1 is 0.377 bits per heavy atom. The summed E-state index contributed by atoms with van der Waals surface area (Å²) >= 11 is 0. The van der Waals surface area contributed by atoms with Crippen LogP contribution in [0.5, 0.6) is 0 Å². The van der Waals surface area contributed by atoms with Crippen LogP contribution in [0.4, 0.5) is 0 Å². The Bertz CT molecular complexity index is 1340. The van der Waals surface area contributed by atoms with E-state index in [0.717, 1.165) is 0 Å². The van der Waals surface area contributed by atoms with Gasteiger partial charge in [-0.2, -0.15) is 0 Å². The standard InChI is InChI=1S/C37H64N12O12/c1-33(2,21-42-46-38)17-29(50)58-13-9-54-25-37(26-55-10-14-59-30(51)18-34(3,4)22-43-47-39,27-56-11-15-60-31(52)19-35(5,6)23-44-48-40)28-57-12-16-61-32(53)20-36(7,8)24-45-49-41/h9-28H2,1-8H3. The molecule has 0 amide bonds. The van der Waals surface area contributed by atoms with Gasteiger partial charge in [-0.25, -0.2) is 0 Å². The van der Waals surface area contributed by atoms with Gasteiger partial charge in [0.05, 0.1) is 84.0 Å². The molecule has 0 aliphatic rings. The highest BCUT2D eigenvalue weighted by Gasteiger charge is 2.33. The molecule has 0 fully saturated rings. The van der Waals surface area contributed by atoms with Gasteiger partial charge in [0.15, 0.2) is 0 Å². The van der Waals surface area contributed by atoms with E-state index < -0.39 is 51.0 Å². The van der Waals surface area contributed by atoms with Crippen molar-refractivity contribution in [2.45, 2.75) is 81.1 Å². The van der Waals surface area contributed by atoms with Crippen molar-refractivity contribution in [2.75, 3.05) is 105 Å². The van der Waals surface area contributed by atoms with Crippen LogP contribution in [0.1, 0.15) is 81.1 Å². The summed E-state index contributed by atoms with van der Waals surface area (Å²) in [4.78, 5) is 60.8. The van der Waals surface area contributed by atoms with Crippen LogP contribution in [0.15, 0.2) is 20.5 Å². The molecule has 344 valence electrons. The maximum atomic E-state index is 12.5. The van der Waals surface area contributed by atoms with E-state index >= 15 is 0 Å². The van der Waals surface area contributed by atoms with Crippen LogP contribution in [-0.2, 0) is 57.1 Å². The SMILES string of the molecule is CC(C)(CN=[N+]=[N-])CC(=O)OCCOCC(COCCOC(=O)CC(C)(C)CN=[N+]=[N-])(COCCOC(=O)CC(C)(C)CN=[N+]=[N-])COCCOC(=O)CC(C)(C)CN=[N+]=[N-]. The highest BCUT2D eigenvalue weighted by atomic mass is 16.6. The molecule has 0 rings (SSSR count). The van der Waals surface area contributed by atoms with Crippen LogP contribution in [0.2, 0.25) is 0 Å². The van der Waals surface area contributed by atoms with E-state index in [4.69, 9.17) is 60.0 Å². The predicted octanol–water partition coefficient (Wildman–Crippen LogP) is 7.12. The van der Waals surface area contributed by atoms with Gasteiger partial charge in [-0.15, -0.1) is 0 Å². The first-order valence-electron chi connectivity index (χ1n) is 19.6. The lowest BCUT2D eigenvalue weighted by atomic mass is 9.90. The summed E-state index contributed by atoms with van der Waals surface area (Å²) in [6.45, 7) is 13.8. The van der Waals surface area contributed by atoms with E-state index in [1.54, 1.807) is 55.4 Å². The first kappa shape index (κ1) is 56.0. The Morgan fingerprint density at radius 3 is 0.754 bits per heavy atom. The fourth-order valence-electron chi connectivity index (χ4n) is 5.15. The molecule has 0 unspecified atom stereocenters. The van der Waals surface area contributed by atoms with E-state index in [-0.39, 0.29) is 131 Å². The summed E-state index contributed by atoms with van der Waals surface area (Å²) in [5.41, 5.74) is 31.0. The second kappa shape index (κ2) is 30.1. The summed E-state index contributed by atoms with van der Waals surface area (Å²) in [5, 5.41) is 14.1. The third-order valence-electron chi connectivity index (χ3n) is 8.34. The third-order valence-corrected chi connectivity index (χ3v) is 8.34. The molecule has 24 heteroatoms. The molecule has 0 aliphatic carbocycles. The summed E-state index contributed by atoms with van der Waals surface area (Å²) in [7, 11) is 0. The van der Waals surface area contributed by atoms with Crippen molar-refractivity contribution >= 4 is 23.9 Å². The largest absolute Gasteiger partial charge is 0.463 e. The van der Waals surface area contributed by atoms with E-state index in [0.29, 0.717) is 0 Å². The number of esters is 4. The summed E-state index contributed by atoms with van der Waals surface area (Å²) in [5.74, 6) is -2.04. The monoisotopic (exact) mass is 868 g/mol. The number of ether oxygens (including phenoxy) is 8. The summed E-state index contributed by atoms with van der Waals surface area (Å²) in [6, 6.07) is 0. The van der Waals surface area contributed by atoms with Gasteiger partial charge in [0.2, 0.25) is 0 Å². The maximum Gasteiger partial charge on any atom is 0.306 e. The molecule has 0 radical (unpaired) electrons. The van der Waals surface area contributed by atoms with E-state index in [1.807, 2.05) is 0 Å². The first-order valence-corrected chi connectivity index (χ1v) is 19.6. The third kappa shape index (κ3) is 30.6. The van der Waals surface area contributed by atoms with Crippen molar-refractivity contribution in [1.82, 2.24) is 0 Å². The molecule has 0 aromatic carbocycles. The van der Waals surface area contributed by atoms with Crippen molar-refractivity contribution in [3.05, 3.63) is 41.8 Å². The van der Waals surface area contributed by atoms with Crippen LogP contribution in [0.3, 0.4) is 0 Å². The number of rotatable bonds is 36. The van der Waals surface area contributed by atoms with Crippen LogP contribution in [0, 0.1) is 27.1 Å². The lowest BCUT2D eigenvalue weighted by Gasteiger charge is -2.33. The van der Waals surface area contributed by atoms with Crippen LogP contribution >= 0.6 is 0 Å². The minimum atomic E-state index is -1.05. The average molecular weight is 869 g/mol. The Balaban J connectivity index is 5.83. The van der Waals surface area contributed by atoms with Crippen LogP contribution < -0.4 is 0 Å². The molecule has 0 saturated heterocycles. The zero-order valence-electron chi connectivity index (χ0n) is 36.9. The van der Waals surface area contributed by atoms with Gasteiger partial charge in [-0.3, -0.25) is 19.2 Å². The van der Waals surface area contributed by atoms with Crippen molar-refractivity contribution < 1.29 is 57.1 Å². The van der Waals surface area contributed by atoms with Crippen LogP contribution in [-0.4, -0.2) is 129 Å². The maximum absolute atomic E-state index is 12.5. The molecule has 0 spiro atoms. The molecule has 0 aliphatic heterocycles.